The fourth-order valence-electron chi connectivity index (χ4n) is 1.19. The molecule has 0 unspecified atom stereocenters. The molecular formula is C9H12F4N4O. The summed E-state index contributed by atoms with van der Waals surface area (Å²) in [6.07, 6.45) is -3.38. The number of amides is 1. The standard InChI is InChI=1S/C9H12F4N4O/c1-2-4-5(14)6(17-16-4)7(18)15-3-9(12,13)8(10)11/h8H,2-3,14H2,1H3,(H,15,18)(H,16,17). The zero-order valence-corrected chi connectivity index (χ0v) is 9.44. The molecule has 0 fully saturated rings. The van der Waals surface area contributed by atoms with Crippen LogP contribution in [0.5, 0.6) is 0 Å². The van der Waals surface area contributed by atoms with Crippen LogP contribution in [0.2, 0.25) is 0 Å². The van der Waals surface area contributed by atoms with Crippen LogP contribution in [-0.4, -0.2) is 35.0 Å². The molecule has 0 aliphatic heterocycles. The molecule has 0 spiro atoms. The van der Waals surface area contributed by atoms with Crippen LogP contribution >= 0.6 is 0 Å². The van der Waals surface area contributed by atoms with Gasteiger partial charge in [0.15, 0.2) is 5.69 Å². The van der Waals surface area contributed by atoms with Crippen LogP contribution in [0.15, 0.2) is 0 Å². The Morgan fingerprint density at radius 3 is 2.61 bits per heavy atom. The highest BCUT2D eigenvalue weighted by Gasteiger charge is 2.41. The Hall–Kier alpha value is -1.80. The summed E-state index contributed by atoms with van der Waals surface area (Å²) in [4.78, 5) is 11.4. The Morgan fingerprint density at radius 2 is 2.17 bits per heavy atom. The van der Waals surface area contributed by atoms with Crippen molar-refractivity contribution < 1.29 is 22.4 Å². The molecule has 1 heterocycles. The number of anilines is 1. The second-order valence-electron chi connectivity index (χ2n) is 3.56. The molecule has 1 aromatic rings. The topological polar surface area (TPSA) is 83.8 Å². The predicted octanol–water partition coefficient (Wildman–Crippen LogP) is 1.18. The highest BCUT2D eigenvalue weighted by atomic mass is 19.3. The second-order valence-corrected chi connectivity index (χ2v) is 3.56. The number of aromatic amines is 1. The number of hydrogen-bond donors (Lipinski definition) is 3. The van der Waals surface area contributed by atoms with E-state index < -0.39 is 24.8 Å². The SMILES string of the molecule is CCc1[nH]nc(C(=O)NCC(F)(F)C(F)F)c1N. The summed E-state index contributed by atoms with van der Waals surface area (Å²) >= 11 is 0. The van der Waals surface area contributed by atoms with E-state index >= 15 is 0 Å². The summed E-state index contributed by atoms with van der Waals surface area (Å²) in [5.74, 6) is -5.31. The lowest BCUT2D eigenvalue weighted by Crippen LogP contribution is -2.41. The Morgan fingerprint density at radius 1 is 1.56 bits per heavy atom. The summed E-state index contributed by atoms with van der Waals surface area (Å²) in [6.45, 7) is 0.272. The van der Waals surface area contributed by atoms with Gasteiger partial charge in [-0.15, -0.1) is 0 Å². The van der Waals surface area contributed by atoms with Gasteiger partial charge in [0.25, 0.3) is 5.91 Å². The van der Waals surface area contributed by atoms with E-state index in [0.717, 1.165) is 0 Å². The first-order chi connectivity index (χ1) is 8.29. The average molecular weight is 268 g/mol. The van der Waals surface area contributed by atoms with Gasteiger partial charge in [-0.2, -0.15) is 13.9 Å². The molecule has 9 heteroatoms. The Labute approximate surface area is 99.7 Å². The van der Waals surface area contributed by atoms with E-state index in [-0.39, 0.29) is 11.4 Å². The van der Waals surface area contributed by atoms with Crippen LogP contribution in [-0.2, 0) is 6.42 Å². The van der Waals surface area contributed by atoms with Gasteiger partial charge in [-0.25, -0.2) is 8.78 Å². The van der Waals surface area contributed by atoms with Crippen molar-refractivity contribution in [2.45, 2.75) is 25.7 Å². The highest BCUT2D eigenvalue weighted by molar-refractivity contribution is 5.97. The van der Waals surface area contributed by atoms with Gasteiger partial charge in [0.05, 0.1) is 17.9 Å². The number of halogens is 4. The Balaban J connectivity index is 2.69. The second kappa shape index (κ2) is 5.23. The van der Waals surface area contributed by atoms with E-state index in [1.54, 1.807) is 12.2 Å². The zero-order chi connectivity index (χ0) is 13.9. The van der Waals surface area contributed by atoms with Crippen LogP contribution in [0, 0.1) is 0 Å². The number of alkyl halides is 4. The fourth-order valence-corrected chi connectivity index (χ4v) is 1.19. The first kappa shape index (κ1) is 14.3. The number of aromatic nitrogens is 2. The largest absolute Gasteiger partial charge is 0.395 e. The van der Waals surface area contributed by atoms with E-state index in [0.29, 0.717) is 12.1 Å². The molecule has 0 saturated heterocycles. The van der Waals surface area contributed by atoms with Crippen molar-refractivity contribution in [1.29, 1.82) is 0 Å². The number of nitrogens with zero attached hydrogens (tertiary/aromatic N) is 1. The van der Waals surface area contributed by atoms with Crippen molar-refractivity contribution >= 4 is 11.6 Å². The smallest absolute Gasteiger partial charge is 0.324 e. The molecule has 18 heavy (non-hydrogen) atoms. The minimum absolute atomic E-state index is 0.0235. The Bertz CT molecular complexity index is 432. The first-order valence-electron chi connectivity index (χ1n) is 5.06. The average Bonchev–Trinajstić information content (AvgIpc) is 2.67. The third-order valence-corrected chi connectivity index (χ3v) is 2.26. The number of nitrogens with two attached hydrogens (primary N) is 1. The molecule has 102 valence electrons. The molecule has 1 aromatic heterocycles. The van der Waals surface area contributed by atoms with E-state index in [9.17, 15) is 22.4 Å². The fraction of sp³-hybridized carbons (Fsp3) is 0.556. The normalized spacial score (nSPS) is 11.9. The molecule has 1 rings (SSSR count). The van der Waals surface area contributed by atoms with Gasteiger partial charge in [-0.05, 0) is 6.42 Å². The number of carbonyl (C=O) groups is 1. The molecule has 0 radical (unpaired) electrons. The lowest BCUT2D eigenvalue weighted by Gasteiger charge is -2.15. The summed E-state index contributed by atoms with van der Waals surface area (Å²) in [7, 11) is 0. The van der Waals surface area contributed by atoms with Crippen molar-refractivity contribution in [2.24, 2.45) is 0 Å². The summed E-state index contributed by atoms with van der Waals surface area (Å²) in [5, 5.41) is 7.66. The predicted molar refractivity (Wildman–Crippen MR) is 55.7 cm³/mol. The molecule has 0 aromatic carbocycles. The summed E-state index contributed by atoms with van der Waals surface area (Å²) < 4.78 is 48.9. The number of nitrogen functional groups attached to an aromatic ring is 1. The molecular weight excluding hydrogens is 256 g/mol. The third-order valence-electron chi connectivity index (χ3n) is 2.26. The quantitative estimate of drug-likeness (QED) is 0.701. The molecule has 1 amide bonds. The third kappa shape index (κ3) is 2.90. The number of rotatable bonds is 5. The summed E-state index contributed by atoms with van der Waals surface area (Å²) in [6, 6.07) is 0. The minimum atomic E-state index is -4.28. The lowest BCUT2D eigenvalue weighted by atomic mass is 10.2. The molecule has 4 N–H and O–H groups in total. The number of aryl methyl sites for hydroxylation is 1. The van der Waals surface area contributed by atoms with Gasteiger partial charge in [0, 0.05) is 0 Å². The number of nitrogens with one attached hydrogen (secondary N) is 2. The van der Waals surface area contributed by atoms with Crippen LogP contribution in [0.25, 0.3) is 0 Å². The molecule has 0 aliphatic carbocycles. The zero-order valence-electron chi connectivity index (χ0n) is 9.44. The van der Waals surface area contributed by atoms with Gasteiger partial charge in [-0.3, -0.25) is 9.89 Å². The van der Waals surface area contributed by atoms with Crippen LogP contribution in [0.1, 0.15) is 23.1 Å². The van der Waals surface area contributed by atoms with Crippen molar-refractivity contribution in [3.05, 3.63) is 11.4 Å². The molecule has 5 nitrogen and oxygen atoms in total. The first-order valence-corrected chi connectivity index (χ1v) is 5.06. The minimum Gasteiger partial charge on any atom is -0.395 e. The van der Waals surface area contributed by atoms with Gasteiger partial charge >= 0.3 is 12.3 Å². The van der Waals surface area contributed by atoms with Gasteiger partial charge in [-0.1, -0.05) is 6.92 Å². The van der Waals surface area contributed by atoms with Crippen LogP contribution in [0.4, 0.5) is 23.2 Å². The van der Waals surface area contributed by atoms with Gasteiger partial charge < -0.3 is 11.1 Å². The van der Waals surface area contributed by atoms with Crippen LogP contribution in [0.3, 0.4) is 0 Å². The van der Waals surface area contributed by atoms with Crippen molar-refractivity contribution in [2.75, 3.05) is 12.3 Å². The van der Waals surface area contributed by atoms with Gasteiger partial charge in [0.1, 0.15) is 0 Å². The monoisotopic (exact) mass is 268 g/mol. The van der Waals surface area contributed by atoms with Crippen molar-refractivity contribution in [3.63, 3.8) is 0 Å². The lowest BCUT2D eigenvalue weighted by molar-refractivity contribution is -0.123. The number of carbonyl (C=O) groups excluding carboxylic acids is 1. The van der Waals surface area contributed by atoms with Crippen molar-refractivity contribution in [1.82, 2.24) is 15.5 Å². The van der Waals surface area contributed by atoms with E-state index in [2.05, 4.69) is 10.2 Å². The summed E-state index contributed by atoms with van der Waals surface area (Å²) in [5.41, 5.74) is 5.74. The van der Waals surface area contributed by atoms with E-state index in [1.165, 1.54) is 0 Å². The maximum Gasteiger partial charge on any atom is 0.324 e. The van der Waals surface area contributed by atoms with Crippen molar-refractivity contribution in [3.8, 4) is 0 Å². The Kier molecular flexibility index (Phi) is 4.15. The molecule has 0 atom stereocenters. The van der Waals surface area contributed by atoms with E-state index in [1.807, 2.05) is 0 Å². The van der Waals surface area contributed by atoms with E-state index in [4.69, 9.17) is 5.73 Å². The molecule has 0 bridgehead atoms. The maximum absolute atomic E-state index is 12.6. The maximum atomic E-state index is 12.6. The number of hydrogen-bond acceptors (Lipinski definition) is 3. The van der Waals surface area contributed by atoms with Crippen LogP contribution < -0.4 is 11.1 Å². The molecule has 0 aliphatic rings. The van der Waals surface area contributed by atoms with Gasteiger partial charge in [0.2, 0.25) is 0 Å². The highest BCUT2D eigenvalue weighted by Crippen LogP contribution is 2.22. The number of H-pyrrole nitrogens is 1. The molecule has 0 saturated carbocycles.